The van der Waals surface area contributed by atoms with Gasteiger partial charge in [0.05, 0.1) is 12.0 Å². The number of likely N-dealkylation sites (N-methyl/N-ethyl adjacent to an activating group) is 1. The molecule has 2 aromatic carbocycles. The predicted molar refractivity (Wildman–Crippen MR) is 89.4 cm³/mol. The lowest BCUT2D eigenvalue weighted by molar-refractivity contribution is 0.286. The number of hydrogen-bond acceptors (Lipinski definition) is 4. The van der Waals surface area contributed by atoms with Gasteiger partial charge in [0.1, 0.15) is 23.9 Å². The van der Waals surface area contributed by atoms with Crippen LogP contribution in [0, 0.1) is 12.7 Å². The zero-order chi connectivity index (χ0) is 17.7. The quantitative estimate of drug-likeness (QED) is 0.768. The highest BCUT2D eigenvalue weighted by molar-refractivity contribution is 7.89. The van der Waals surface area contributed by atoms with Gasteiger partial charge in [-0.15, -0.1) is 0 Å². The van der Waals surface area contributed by atoms with E-state index in [1.165, 1.54) is 19.2 Å². The highest BCUT2D eigenvalue weighted by atomic mass is 32.2. The second-order valence-electron chi connectivity index (χ2n) is 5.26. The summed E-state index contributed by atoms with van der Waals surface area (Å²) in [4.78, 5) is -0.0717. The standard InChI is InChI=1S/C17H20FNO4S/c1-13-4-9-16(12-17(13)18)24(20,21)19(2)10-11-23-15-7-5-14(22-3)6-8-15/h4-9,12H,10-11H2,1-3H3. The number of methoxy groups -OCH3 is 1. The van der Waals surface area contributed by atoms with Crippen molar-refractivity contribution in [3.63, 3.8) is 0 Å². The largest absolute Gasteiger partial charge is 0.497 e. The summed E-state index contributed by atoms with van der Waals surface area (Å²) in [7, 11) is -0.742. The van der Waals surface area contributed by atoms with Gasteiger partial charge in [0.15, 0.2) is 0 Å². The lowest BCUT2D eigenvalue weighted by atomic mass is 10.2. The Bertz CT molecular complexity index is 791. The summed E-state index contributed by atoms with van der Waals surface area (Å²) in [6, 6.07) is 10.9. The van der Waals surface area contributed by atoms with Crippen molar-refractivity contribution in [2.24, 2.45) is 0 Å². The van der Waals surface area contributed by atoms with Crippen LogP contribution >= 0.6 is 0 Å². The third-order valence-corrected chi connectivity index (χ3v) is 5.44. The van der Waals surface area contributed by atoms with Crippen molar-refractivity contribution in [3.8, 4) is 11.5 Å². The molecular weight excluding hydrogens is 333 g/mol. The molecule has 24 heavy (non-hydrogen) atoms. The van der Waals surface area contributed by atoms with Crippen LogP contribution in [-0.2, 0) is 10.0 Å². The summed E-state index contributed by atoms with van der Waals surface area (Å²) in [5, 5.41) is 0. The number of halogens is 1. The Kier molecular flexibility index (Phi) is 5.80. The number of nitrogens with zero attached hydrogens (tertiary/aromatic N) is 1. The Morgan fingerprint density at radius 1 is 1.08 bits per heavy atom. The number of rotatable bonds is 7. The molecule has 0 aromatic heterocycles. The summed E-state index contributed by atoms with van der Waals surface area (Å²) < 4.78 is 50.1. The lowest BCUT2D eigenvalue weighted by Gasteiger charge is -2.18. The zero-order valence-corrected chi connectivity index (χ0v) is 14.6. The minimum absolute atomic E-state index is 0.0717. The maximum absolute atomic E-state index is 13.6. The number of sulfonamides is 1. The molecular formula is C17H20FNO4S. The Balaban J connectivity index is 1.97. The van der Waals surface area contributed by atoms with Crippen LogP contribution in [0.25, 0.3) is 0 Å². The molecule has 0 heterocycles. The van der Waals surface area contributed by atoms with Crippen molar-refractivity contribution in [2.75, 3.05) is 27.3 Å². The minimum Gasteiger partial charge on any atom is -0.497 e. The molecule has 0 radical (unpaired) electrons. The van der Waals surface area contributed by atoms with E-state index in [1.807, 2.05) is 0 Å². The van der Waals surface area contributed by atoms with E-state index in [-0.39, 0.29) is 18.0 Å². The van der Waals surface area contributed by atoms with E-state index < -0.39 is 15.8 Å². The van der Waals surface area contributed by atoms with Crippen LogP contribution < -0.4 is 9.47 Å². The van der Waals surface area contributed by atoms with Crippen molar-refractivity contribution >= 4 is 10.0 Å². The Morgan fingerprint density at radius 3 is 2.29 bits per heavy atom. The number of aryl methyl sites for hydroxylation is 1. The fourth-order valence-electron chi connectivity index (χ4n) is 2.00. The van der Waals surface area contributed by atoms with Gasteiger partial charge >= 0.3 is 0 Å². The van der Waals surface area contributed by atoms with Crippen molar-refractivity contribution in [1.29, 1.82) is 0 Å². The van der Waals surface area contributed by atoms with E-state index in [0.717, 1.165) is 10.4 Å². The average molecular weight is 353 g/mol. The molecule has 130 valence electrons. The van der Waals surface area contributed by atoms with E-state index >= 15 is 0 Å². The third kappa shape index (κ3) is 4.24. The molecule has 0 aliphatic carbocycles. The molecule has 2 aromatic rings. The van der Waals surface area contributed by atoms with Gasteiger partial charge in [-0.3, -0.25) is 0 Å². The van der Waals surface area contributed by atoms with Crippen molar-refractivity contribution in [1.82, 2.24) is 4.31 Å². The van der Waals surface area contributed by atoms with Gasteiger partial charge in [-0.2, -0.15) is 4.31 Å². The van der Waals surface area contributed by atoms with E-state index in [0.29, 0.717) is 17.1 Å². The van der Waals surface area contributed by atoms with Crippen LogP contribution in [0.4, 0.5) is 4.39 Å². The van der Waals surface area contributed by atoms with Crippen LogP contribution in [0.1, 0.15) is 5.56 Å². The third-order valence-electron chi connectivity index (χ3n) is 3.59. The molecule has 0 saturated carbocycles. The highest BCUT2D eigenvalue weighted by Crippen LogP contribution is 2.19. The van der Waals surface area contributed by atoms with Crippen LogP contribution in [0.5, 0.6) is 11.5 Å². The van der Waals surface area contributed by atoms with Gasteiger partial charge in [-0.05, 0) is 48.9 Å². The number of benzene rings is 2. The molecule has 0 atom stereocenters. The summed E-state index contributed by atoms with van der Waals surface area (Å²) in [6.07, 6.45) is 0. The van der Waals surface area contributed by atoms with Gasteiger partial charge in [0.2, 0.25) is 10.0 Å². The topological polar surface area (TPSA) is 55.8 Å². The van der Waals surface area contributed by atoms with Crippen LogP contribution in [0.15, 0.2) is 47.4 Å². The first-order valence-corrected chi connectivity index (χ1v) is 8.78. The normalized spacial score (nSPS) is 11.5. The molecule has 5 nitrogen and oxygen atoms in total. The maximum atomic E-state index is 13.6. The van der Waals surface area contributed by atoms with Gasteiger partial charge in [-0.25, -0.2) is 12.8 Å². The second kappa shape index (κ2) is 7.63. The molecule has 0 amide bonds. The first-order valence-electron chi connectivity index (χ1n) is 7.34. The van der Waals surface area contributed by atoms with E-state index in [9.17, 15) is 12.8 Å². The SMILES string of the molecule is COc1ccc(OCCN(C)S(=O)(=O)c2ccc(C)c(F)c2)cc1. The average Bonchev–Trinajstić information content (AvgIpc) is 2.57. The lowest BCUT2D eigenvalue weighted by Crippen LogP contribution is -2.31. The van der Waals surface area contributed by atoms with Crippen molar-refractivity contribution < 1.29 is 22.3 Å². The first-order chi connectivity index (χ1) is 11.3. The smallest absolute Gasteiger partial charge is 0.243 e. The molecule has 2 rings (SSSR count). The monoisotopic (exact) mass is 353 g/mol. The minimum atomic E-state index is -3.75. The summed E-state index contributed by atoms with van der Waals surface area (Å²) in [6.45, 7) is 1.90. The van der Waals surface area contributed by atoms with Gasteiger partial charge in [0.25, 0.3) is 0 Å². The Labute approximate surface area is 141 Å². The fourth-order valence-corrected chi connectivity index (χ4v) is 3.17. The van der Waals surface area contributed by atoms with Crippen LogP contribution in [-0.4, -0.2) is 40.0 Å². The molecule has 0 spiro atoms. The molecule has 0 unspecified atom stereocenters. The molecule has 0 N–H and O–H groups in total. The predicted octanol–water partition coefficient (Wildman–Crippen LogP) is 2.84. The van der Waals surface area contributed by atoms with Crippen molar-refractivity contribution in [3.05, 3.63) is 53.8 Å². The van der Waals surface area contributed by atoms with Crippen molar-refractivity contribution in [2.45, 2.75) is 11.8 Å². The molecule has 0 bridgehead atoms. The Morgan fingerprint density at radius 2 is 1.71 bits per heavy atom. The Hall–Kier alpha value is -2.12. The van der Waals surface area contributed by atoms with E-state index in [4.69, 9.17) is 9.47 Å². The van der Waals surface area contributed by atoms with Gasteiger partial charge < -0.3 is 9.47 Å². The molecule has 0 aliphatic heterocycles. The number of ether oxygens (including phenoxy) is 2. The fraction of sp³-hybridized carbons (Fsp3) is 0.294. The molecule has 0 saturated heterocycles. The first kappa shape index (κ1) is 18.2. The molecule has 0 fully saturated rings. The summed E-state index contributed by atoms with van der Waals surface area (Å²) in [5.41, 5.74) is 0.402. The second-order valence-corrected chi connectivity index (χ2v) is 7.31. The van der Waals surface area contributed by atoms with E-state index in [2.05, 4.69) is 0 Å². The molecule has 7 heteroatoms. The number of hydrogen-bond donors (Lipinski definition) is 0. The van der Waals surface area contributed by atoms with Gasteiger partial charge in [0, 0.05) is 13.6 Å². The van der Waals surface area contributed by atoms with E-state index in [1.54, 1.807) is 38.3 Å². The zero-order valence-electron chi connectivity index (χ0n) is 13.8. The van der Waals surface area contributed by atoms with Crippen LogP contribution in [0.2, 0.25) is 0 Å². The maximum Gasteiger partial charge on any atom is 0.243 e. The highest BCUT2D eigenvalue weighted by Gasteiger charge is 2.21. The van der Waals surface area contributed by atoms with Crippen LogP contribution in [0.3, 0.4) is 0 Å². The van der Waals surface area contributed by atoms with Gasteiger partial charge in [-0.1, -0.05) is 6.07 Å². The molecule has 0 aliphatic rings. The summed E-state index contributed by atoms with van der Waals surface area (Å²) in [5.74, 6) is 0.783. The summed E-state index contributed by atoms with van der Waals surface area (Å²) >= 11 is 0.